The van der Waals surface area contributed by atoms with Gasteiger partial charge in [-0.1, -0.05) is 25.8 Å². The van der Waals surface area contributed by atoms with Crippen molar-refractivity contribution in [1.29, 1.82) is 0 Å². The third-order valence-corrected chi connectivity index (χ3v) is 2.73. The highest BCUT2D eigenvalue weighted by molar-refractivity contribution is 5.87. The van der Waals surface area contributed by atoms with E-state index in [0.29, 0.717) is 25.2 Å². The summed E-state index contributed by atoms with van der Waals surface area (Å²) >= 11 is 0. The third-order valence-electron chi connectivity index (χ3n) is 2.73. The fraction of sp³-hybridized carbons (Fsp3) is 0.769. The Labute approximate surface area is 103 Å². The van der Waals surface area contributed by atoms with E-state index in [1.54, 1.807) is 0 Å². The quantitative estimate of drug-likeness (QED) is 0.275. The van der Waals surface area contributed by atoms with Gasteiger partial charge < -0.3 is 14.6 Å². The number of hydrogen-bond donors (Lipinski definition) is 1. The number of esters is 1. The SMILES string of the molecule is C=C(CCCCCCCO)C(=O)OCC1CO1. The predicted molar refractivity (Wildman–Crippen MR) is 64.6 cm³/mol. The zero-order valence-electron chi connectivity index (χ0n) is 10.3. The first-order valence-corrected chi connectivity index (χ1v) is 6.31. The van der Waals surface area contributed by atoms with Crippen molar-refractivity contribution < 1.29 is 19.4 Å². The Kier molecular flexibility index (Phi) is 6.89. The molecule has 0 radical (unpaired) electrons. The summed E-state index contributed by atoms with van der Waals surface area (Å²) < 4.78 is 9.97. The highest BCUT2D eigenvalue weighted by Crippen LogP contribution is 2.13. The van der Waals surface area contributed by atoms with E-state index in [2.05, 4.69) is 6.58 Å². The Balaban J connectivity index is 1.93. The maximum absolute atomic E-state index is 11.4. The van der Waals surface area contributed by atoms with E-state index in [9.17, 15) is 4.79 Å². The molecule has 0 aromatic rings. The second-order valence-electron chi connectivity index (χ2n) is 4.40. The van der Waals surface area contributed by atoms with Crippen molar-refractivity contribution in [2.24, 2.45) is 0 Å². The number of carbonyl (C=O) groups is 1. The number of hydrogen-bond acceptors (Lipinski definition) is 4. The van der Waals surface area contributed by atoms with Crippen LogP contribution in [-0.4, -0.2) is 37.0 Å². The lowest BCUT2D eigenvalue weighted by Crippen LogP contribution is -2.11. The smallest absolute Gasteiger partial charge is 0.333 e. The molecular formula is C13H22O4. The molecule has 98 valence electrons. The second kappa shape index (κ2) is 8.25. The molecule has 4 heteroatoms. The van der Waals surface area contributed by atoms with Crippen LogP contribution >= 0.6 is 0 Å². The van der Waals surface area contributed by atoms with Gasteiger partial charge >= 0.3 is 5.97 Å². The van der Waals surface area contributed by atoms with Gasteiger partial charge in [-0.2, -0.15) is 0 Å². The maximum atomic E-state index is 11.4. The minimum Gasteiger partial charge on any atom is -0.459 e. The van der Waals surface area contributed by atoms with E-state index in [-0.39, 0.29) is 18.7 Å². The third kappa shape index (κ3) is 7.13. The van der Waals surface area contributed by atoms with Gasteiger partial charge in [-0.15, -0.1) is 0 Å². The average molecular weight is 242 g/mol. The molecule has 1 fully saturated rings. The zero-order chi connectivity index (χ0) is 12.5. The Morgan fingerprint density at radius 3 is 2.59 bits per heavy atom. The van der Waals surface area contributed by atoms with Crippen LogP contribution in [0.25, 0.3) is 0 Å². The molecule has 1 heterocycles. The van der Waals surface area contributed by atoms with Crippen LogP contribution < -0.4 is 0 Å². The zero-order valence-corrected chi connectivity index (χ0v) is 10.3. The maximum Gasteiger partial charge on any atom is 0.333 e. The van der Waals surface area contributed by atoms with Crippen LogP contribution in [0.5, 0.6) is 0 Å². The van der Waals surface area contributed by atoms with Gasteiger partial charge in [0, 0.05) is 12.2 Å². The largest absolute Gasteiger partial charge is 0.459 e. The van der Waals surface area contributed by atoms with Crippen LogP contribution in [0.1, 0.15) is 38.5 Å². The number of epoxide rings is 1. The van der Waals surface area contributed by atoms with Gasteiger partial charge in [0.25, 0.3) is 0 Å². The summed E-state index contributed by atoms with van der Waals surface area (Å²) in [4.78, 5) is 11.4. The van der Waals surface area contributed by atoms with E-state index in [1.807, 2.05) is 0 Å². The summed E-state index contributed by atoms with van der Waals surface area (Å²) in [5, 5.41) is 8.61. The number of carbonyl (C=O) groups excluding carboxylic acids is 1. The highest BCUT2D eigenvalue weighted by atomic mass is 16.6. The first kappa shape index (κ1) is 14.2. The number of aliphatic hydroxyl groups excluding tert-OH is 1. The molecule has 1 saturated heterocycles. The average Bonchev–Trinajstić information content (AvgIpc) is 3.14. The molecule has 1 unspecified atom stereocenters. The fourth-order valence-corrected chi connectivity index (χ4v) is 1.52. The molecule has 0 bridgehead atoms. The molecular weight excluding hydrogens is 220 g/mol. The molecule has 0 saturated carbocycles. The van der Waals surface area contributed by atoms with Gasteiger partial charge in [-0.05, 0) is 19.3 Å². The number of ether oxygens (including phenoxy) is 2. The molecule has 1 N–H and O–H groups in total. The molecule has 0 spiro atoms. The van der Waals surface area contributed by atoms with E-state index in [0.717, 1.165) is 32.1 Å². The van der Waals surface area contributed by atoms with Crippen LogP contribution in [0.2, 0.25) is 0 Å². The van der Waals surface area contributed by atoms with E-state index >= 15 is 0 Å². The minimum atomic E-state index is -0.296. The fourth-order valence-electron chi connectivity index (χ4n) is 1.52. The molecule has 0 aliphatic carbocycles. The first-order chi connectivity index (χ1) is 8.24. The summed E-state index contributed by atoms with van der Waals surface area (Å²) in [6, 6.07) is 0. The van der Waals surface area contributed by atoms with Crippen molar-refractivity contribution in [1.82, 2.24) is 0 Å². The Bertz CT molecular complexity index is 246. The minimum absolute atomic E-state index is 0.116. The summed E-state index contributed by atoms with van der Waals surface area (Å²) in [6.45, 7) is 5.05. The van der Waals surface area contributed by atoms with Gasteiger partial charge in [0.1, 0.15) is 12.7 Å². The highest BCUT2D eigenvalue weighted by Gasteiger charge is 2.24. The van der Waals surface area contributed by atoms with Crippen LogP contribution in [0.3, 0.4) is 0 Å². The Morgan fingerprint density at radius 2 is 1.94 bits per heavy atom. The summed E-state index contributed by atoms with van der Waals surface area (Å²) in [5.41, 5.74) is 0.549. The van der Waals surface area contributed by atoms with Crippen molar-refractivity contribution in [3.8, 4) is 0 Å². The van der Waals surface area contributed by atoms with Gasteiger partial charge in [-0.25, -0.2) is 4.79 Å². The van der Waals surface area contributed by atoms with Crippen molar-refractivity contribution in [3.63, 3.8) is 0 Å². The first-order valence-electron chi connectivity index (χ1n) is 6.31. The van der Waals surface area contributed by atoms with Crippen LogP contribution in [0, 0.1) is 0 Å². The monoisotopic (exact) mass is 242 g/mol. The van der Waals surface area contributed by atoms with E-state index in [1.165, 1.54) is 0 Å². The molecule has 1 rings (SSSR count). The summed E-state index contributed by atoms with van der Waals surface area (Å²) in [6.07, 6.45) is 5.85. The van der Waals surface area contributed by atoms with Crippen molar-refractivity contribution >= 4 is 5.97 Å². The van der Waals surface area contributed by atoms with Gasteiger partial charge in [0.05, 0.1) is 6.61 Å². The van der Waals surface area contributed by atoms with E-state index < -0.39 is 0 Å². The van der Waals surface area contributed by atoms with Gasteiger partial charge in [-0.3, -0.25) is 0 Å². The topological polar surface area (TPSA) is 59.1 Å². The van der Waals surface area contributed by atoms with Crippen LogP contribution in [0.4, 0.5) is 0 Å². The number of aliphatic hydroxyl groups is 1. The molecule has 0 aromatic carbocycles. The molecule has 4 nitrogen and oxygen atoms in total. The van der Waals surface area contributed by atoms with Gasteiger partial charge in [0.2, 0.25) is 0 Å². The Hall–Kier alpha value is -0.870. The van der Waals surface area contributed by atoms with Gasteiger partial charge in [0.15, 0.2) is 0 Å². The lowest BCUT2D eigenvalue weighted by Gasteiger charge is -2.05. The standard InChI is InChI=1S/C13H22O4/c1-11(7-5-3-2-4-6-8-14)13(15)17-10-12-9-16-12/h12,14H,1-10H2. The molecule has 0 amide bonds. The predicted octanol–water partition coefficient (Wildman–Crippen LogP) is 1.82. The lowest BCUT2D eigenvalue weighted by atomic mass is 10.1. The van der Waals surface area contributed by atoms with Crippen molar-refractivity contribution in [2.45, 2.75) is 44.6 Å². The summed E-state index contributed by atoms with van der Waals surface area (Å²) in [5.74, 6) is -0.296. The van der Waals surface area contributed by atoms with Crippen molar-refractivity contribution in [3.05, 3.63) is 12.2 Å². The lowest BCUT2D eigenvalue weighted by molar-refractivity contribution is -0.139. The molecule has 1 atom stereocenters. The van der Waals surface area contributed by atoms with Crippen molar-refractivity contribution in [2.75, 3.05) is 19.8 Å². The molecule has 17 heavy (non-hydrogen) atoms. The number of unbranched alkanes of at least 4 members (excludes halogenated alkanes) is 4. The second-order valence-corrected chi connectivity index (χ2v) is 4.40. The molecule has 1 aliphatic rings. The van der Waals surface area contributed by atoms with E-state index in [4.69, 9.17) is 14.6 Å². The van der Waals surface area contributed by atoms with Crippen LogP contribution in [-0.2, 0) is 14.3 Å². The number of rotatable bonds is 10. The normalized spacial score (nSPS) is 17.8. The van der Waals surface area contributed by atoms with Crippen LogP contribution in [0.15, 0.2) is 12.2 Å². The summed E-state index contributed by atoms with van der Waals surface area (Å²) in [7, 11) is 0. The molecule has 0 aromatic heterocycles. The molecule has 1 aliphatic heterocycles. The Morgan fingerprint density at radius 1 is 1.29 bits per heavy atom.